The van der Waals surface area contributed by atoms with Crippen molar-refractivity contribution in [3.63, 3.8) is 0 Å². The van der Waals surface area contributed by atoms with Crippen LogP contribution in [0.3, 0.4) is 0 Å². The first-order valence-electron chi connectivity index (χ1n) is 12.5. The third-order valence-corrected chi connectivity index (χ3v) is 7.41. The van der Waals surface area contributed by atoms with Gasteiger partial charge < -0.3 is 19.9 Å². The summed E-state index contributed by atoms with van der Waals surface area (Å²) in [6.07, 6.45) is 3.92. The van der Waals surface area contributed by atoms with Gasteiger partial charge in [-0.1, -0.05) is 0 Å². The first-order chi connectivity index (χ1) is 17.2. The van der Waals surface area contributed by atoms with Gasteiger partial charge in [-0.25, -0.2) is 27.6 Å². The van der Waals surface area contributed by atoms with Crippen molar-refractivity contribution in [3.05, 3.63) is 35.9 Å². The number of piperidine rings is 1. The number of carbonyl (C=O) groups is 1. The second kappa shape index (κ2) is 11.2. The van der Waals surface area contributed by atoms with E-state index in [-0.39, 0.29) is 22.7 Å². The summed E-state index contributed by atoms with van der Waals surface area (Å²) in [5, 5.41) is 2.99. The predicted molar refractivity (Wildman–Crippen MR) is 143 cm³/mol. The van der Waals surface area contributed by atoms with Crippen LogP contribution in [0.1, 0.15) is 53.0 Å². The Morgan fingerprint density at radius 2 is 1.89 bits per heavy atom. The van der Waals surface area contributed by atoms with Crippen LogP contribution in [0.5, 0.6) is 0 Å². The summed E-state index contributed by atoms with van der Waals surface area (Å²) in [5.74, 6) is 0.879. The highest BCUT2D eigenvalue weighted by Gasteiger charge is 2.29. The highest BCUT2D eigenvalue weighted by atomic mass is 32.2. The number of aromatic nitrogens is 2. The molecule has 3 rings (SSSR count). The number of hydrogen-bond donors (Lipinski definition) is 1. The van der Waals surface area contributed by atoms with Crippen LogP contribution in [0.2, 0.25) is 0 Å². The SMILES string of the molecule is Cc1c(Nc2ccc(S(C)(=O)=O)cc2F)ncnc1N(CC1CCN(C(=O)OC(C)(C)C)CC1)C(C)C. The number of benzene rings is 1. The second-order valence-corrected chi connectivity index (χ2v) is 12.9. The molecule has 0 atom stereocenters. The zero-order valence-corrected chi connectivity index (χ0v) is 23.5. The molecule has 1 saturated heterocycles. The molecule has 0 bridgehead atoms. The molecule has 11 heteroatoms. The minimum Gasteiger partial charge on any atom is -0.444 e. The van der Waals surface area contributed by atoms with Crippen molar-refractivity contribution in [2.75, 3.05) is 36.1 Å². The van der Waals surface area contributed by atoms with Crippen LogP contribution in [0.25, 0.3) is 0 Å². The number of amides is 1. The summed E-state index contributed by atoms with van der Waals surface area (Å²) in [4.78, 5) is 25.1. The fourth-order valence-electron chi connectivity index (χ4n) is 4.26. The molecule has 0 saturated carbocycles. The topological polar surface area (TPSA) is 105 Å². The number of nitrogens with one attached hydrogen (secondary N) is 1. The van der Waals surface area contributed by atoms with Gasteiger partial charge in [0.15, 0.2) is 9.84 Å². The van der Waals surface area contributed by atoms with Crippen molar-refractivity contribution in [3.8, 4) is 0 Å². The fraction of sp³-hybridized carbons (Fsp3) is 0.577. The van der Waals surface area contributed by atoms with E-state index in [1.165, 1.54) is 18.5 Å². The Labute approximate surface area is 219 Å². The number of halogens is 1. The molecule has 9 nitrogen and oxygen atoms in total. The van der Waals surface area contributed by atoms with E-state index in [1.807, 2.05) is 27.7 Å². The van der Waals surface area contributed by atoms with Crippen LogP contribution in [0, 0.1) is 18.7 Å². The van der Waals surface area contributed by atoms with Crippen molar-refractivity contribution in [2.24, 2.45) is 5.92 Å². The Hall–Kier alpha value is -2.95. The van der Waals surface area contributed by atoms with Gasteiger partial charge in [0.2, 0.25) is 0 Å². The lowest BCUT2D eigenvalue weighted by atomic mass is 9.95. The molecule has 1 fully saturated rings. The van der Waals surface area contributed by atoms with Crippen molar-refractivity contribution >= 4 is 33.3 Å². The summed E-state index contributed by atoms with van der Waals surface area (Å²) in [6, 6.07) is 3.91. The van der Waals surface area contributed by atoms with E-state index in [2.05, 4.69) is 34.0 Å². The van der Waals surface area contributed by atoms with Crippen molar-refractivity contribution in [2.45, 2.75) is 70.9 Å². The highest BCUT2D eigenvalue weighted by Crippen LogP contribution is 2.30. The summed E-state index contributed by atoms with van der Waals surface area (Å²) in [5.41, 5.74) is 0.372. The Bertz CT molecular complexity index is 1220. The molecule has 0 spiro atoms. The van der Waals surface area contributed by atoms with Crippen LogP contribution in [-0.2, 0) is 14.6 Å². The van der Waals surface area contributed by atoms with E-state index >= 15 is 0 Å². The maximum Gasteiger partial charge on any atom is 0.410 e. The molecule has 1 aromatic carbocycles. The average molecular weight is 536 g/mol. The molecule has 2 heterocycles. The summed E-state index contributed by atoms with van der Waals surface area (Å²) in [7, 11) is -3.51. The van der Waals surface area contributed by atoms with E-state index in [4.69, 9.17) is 4.74 Å². The minimum absolute atomic E-state index is 0.0839. The molecule has 0 radical (unpaired) electrons. The smallest absolute Gasteiger partial charge is 0.410 e. The van der Waals surface area contributed by atoms with Crippen molar-refractivity contribution in [1.82, 2.24) is 14.9 Å². The average Bonchev–Trinajstić information content (AvgIpc) is 2.78. The Morgan fingerprint density at radius 1 is 1.24 bits per heavy atom. The van der Waals surface area contributed by atoms with E-state index < -0.39 is 21.3 Å². The van der Waals surface area contributed by atoms with Gasteiger partial charge in [-0.15, -0.1) is 0 Å². The predicted octanol–water partition coefficient (Wildman–Crippen LogP) is 4.93. The number of anilines is 3. The number of ether oxygens (including phenoxy) is 1. The van der Waals surface area contributed by atoms with Crippen LogP contribution in [0.4, 0.5) is 26.5 Å². The largest absolute Gasteiger partial charge is 0.444 e. The quantitative estimate of drug-likeness (QED) is 0.532. The zero-order valence-electron chi connectivity index (χ0n) is 22.7. The van der Waals surface area contributed by atoms with Crippen LogP contribution >= 0.6 is 0 Å². The standard InChI is InChI=1S/C26H38FN5O4S/c1-17(2)32(15-19-10-12-31(13-11-19)25(33)36-26(4,5)6)24-18(3)23(28-16-29-24)30-22-9-8-20(14-21(22)27)37(7,34)35/h8-9,14,16-17,19H,10-13,15H2,1-7H3,(H,28,29,30). The molecule has 37 heavy (non-hydrogen) atoms. The van der Waals surface area contributed by atoms with Gasteiger partial charge in [0.25, 0.3) is 0 Å². The lowest BCUT2D eigenvalue weighted by Crippen LogP contribution is -2.45. The number of sulfone groups is 1. The minimum atomic E-state index is -3.51. The molecule has 1 aromatic heterocycles. The third-order valence-electron chi connectivity index (χ3n) is 6.30. The summed E-state index contributed by atoms with van der Waals surface area (Å²) in [6.45, 7) is 13.7. The maximum absolute atomic E-state index is 14.7. The highest BCUT2D eigenvalue weighted by molar-refractivity contribution is 7.90. The Morgan fingerprint density at radius 3 is 2.43 bits per heavy atom. The van der Waals surface area contributed by atoms with E-state index in [0.717, 1.165) is 43.1 Å². The van der Waals surface area contributed by atoms with Gasteiger partial charge in [-0.05, 0) is 78.5 Å². The summed E-state index contributed by atoms with van der Waals surface area (Å²) < 4.78 is 43.6. The van der Waals surface area contributed by atoms with Crippen LogP contribution < -0.4 is 10.2 Å². The molecular formula is C26H38FN5O4S. The molecular weight excluding hydrogens is 497 g/mol. The van der Waals surface area contributed by atoms with Crippen molar-refractivity contribution < 1.29 is 22.3 Å². The third kappa shape index (κ3) is 7.53. The van der Waals surface area contributed by atoms with E-state index in [0.29, 0.717) is 24.8 Å². The van der Waals surface area contributed by atoms with Crippen LogP contribution in [0.15, 0.2) is 29.4 Å². The molecule has 1 aliphatic rings. The van der Waals surface area contributed by atoms with E-state index in [1.54, 1.807) is 4.90 Å². The maximum atomic E-state index is 14.7. The monoisotopic (exact) mass is 535 g/mol. The van der Waals surface area contributed by atoms with Gasteiger partial charge >= 0.3 is 6.09 Å². The summed E-state index contributed by atoms with van der Waals surface area (Å²) >= 11 is 0. The number of nitrogens with zero attached hydrogens (tertiary/aromatic N) is 4. The number of carbonyl (C=O) groups excluding carboxylic acids is 1. The van der Waals surface area contributed by atoms with Gasteiger partial charge in [0, 0.05) is 37.5 Å². The molecule has 1 aliphatic heterocycles. The van der Waals surface area contributed by atoms with Gasteiger partial charge in [-0.2, -0.15) is 0 Å². The number of likely N-dealkylation sites (tertiary alicyclic amines) is 1. The van der Waals surface area contributed by atoms with Crippen molar-refractivity contribution in [1.29, 1.82) is 0 Å². The fourth-order valence-corrected chi connectivity index (χ4v) is 4.89. The first-order valence-corrected chi connectivity index (χ1v) is 14.4. The van der Waals surface area contributed by atoms with Gasteiger partial charge in [0.05, 0.1) is 10.6 Å². The molecule has 204 valence electrons. The molecule has 0 unspecified atom stereocenters. The zero-order chi connectivity index (χ0) is 27.5. The normalized spacial score (nSPS) is 15.1. The molecule has 1 amide bonds. The molecule has 1 N–H and O–H groups in total. The lowest BCUT2D eigenvalue weighted by molar-refractivity contribution is 0.0186. The Kier molecular flexibility index (Phi) is 8.66. The number of hydrogen-bond acceptors (Lipinski definition) is 8. The molecule has 0 aliphatic carbocycles. The molecule has 2 aromatic rings. The van der Waals surface area contributed by atoms with Crippen LogP contribution in [-0.4, -0.2) is 66.9 Å². The van der Waals surface area contributed by atoms with E-state index in [9.17, 15) is 17.6 Å². The van der Waals surface area contributed by atoms with Gasteiger partial charge in [0.1, 0.15) is 29.4 Å². The van der Waals surface area contributed by atoms with Gasteiger partial charge in [-0.3, -0.25) is 0 Å². The first kappa shape index (κ1) is 28.6. The lowest BCUT2D eigenvalue weighted by Gasteiger charge is -2.37. The Balaban J connectivity index is 1.73. The number of rotatable bonds is 7. The second-order valence-electron chi connectivity index (χ2n) is 10.9.